The first kappa shape index (κ1) is 11.4. The summed E-state index contributed by atoms with van der Waals surface area (Å²) in [6.45, 7) is 4.14. The smallest absolute Gasteiger partial charge is 0.303 e. The fraction of sp³-hybridized carbons (Fsp3) is 0.231. The molecular weight excluding hydrogens is 216 g/mol. The van der Waals surface area contributed by atoms with Crippen LogP contribution in [-0.2, 0) is 4.79 Å². The Labute approximate surface area is 99.9 Å². The van der Waals surface area contributed by atoms with Crippen molar-refractivity contribution in [1.82, 2.24) is 10.2 Å². The second-order valence-electron chi connectivity index (χ2n) is 3.95. The quantitative estimate of drug-likeness (QED) is 0.623. The van der Waals surface area contributed by atoms with Crippen LogP contribution in [0.2, 0.25) is 0 Å². The molecule has 3 amide bonds. The van der Waals surface area contributed by atoms with Crippen molar-refractivity contribution < 1.29 is 9.59 Å². The van der Waals surface area contributed by atoms with Crippen LogP contribution in [0.4, 0.5) is 4.79 Å². The Morgan fingerprint density at radius 3 is 2.71 bits per heavy atom. The van der Waals surface area contributed by atoms with Gasteiger partial charge in [-0.3, -0.25) is 9.69 Å². The van der Waals surface area contributed by atoms with Crippen molar-refractivity contribution >= 4 is 18.0 Å². The molecule has 0 atom stereocenters. The van der Waals surface area contributed by atoms with Crippen molar-refractivity contribution in [3.63, 3.8) is 0 Å². The van der Waals surface area contributed by atoms with E-state index in [4.69, 9.17) is 0 Å². The molecule has 0 saturated carbocycles. The Balaban J connectivity index is 2.30. The van der Waals surface area contributed by atoms with Gasteiger partial charge in [-0.05, 0) is 25.5 Å². The number of carbonyl (C=O) groups is 2. The second kappa shape index (κ2) is 4.41. The lowest BCUT2D eigenvalue weighted by Crippen LogP contribution is -2.30. The van der Waals surface area contributed by atoms with Crippen LogP contribution in [-0.4, -0.2) is 23.4 Å². The zero-order valence-corrected chi connectivity index (χ0v) is 9.86. The molecule has 17 heavy (non-hydrogen) atoms. The topological polar surface area (TPSA) is 49.4 Å². The number of rotatable bonds is 2. The Kier molecular flexibility index (Phi) is 2.95. The number of benzene rings is 1. The Morgan fingerprint density at radius 2 is 2.12 bits per heavy atom. The summed E-state index contributed by atoms with van der Waals surface area (Å²) in [5.74, 6) is -0.265. The minimum atomic E-state index is -0.351. The van der Waals surface area contributed by atoms with Crippen molar-refractivity contribution in [1.29, 1.82) is 0 Å². The molecule has 0 spiro atoms. The molecule has 1 N–H and O–H groups in total. The summed E-state index contributed by atoms with van der Waals surface area (Å²) in [4.78, 5) is 24.4. The van der Waals surface area contributed by atoms with Gasteiger partial charge in [-0.1, -0.05) is 29.8 Å². The van der Waals surface area contributed by atoms with E-state index in [1.807, 2.05) is 31.2 Å². The van der Waals surface area contributed by atoms with Crippen LogP contribution < -0.4 is 5.32 Å². The van der Waals surface area contributed by atoms with Crippen LogP contribution in [0.5, 0.6) is 0 Å². The zero-order chi connectivity index (χ0) is 12.4. The Bertz CT molecular complexity index is 506. The van der Waals surface area contributed by atoms with Gasteiger partial charge in [0.1, 0.15) is 5.70 Å². The van der Waals surface area contributed by atoms with Gasteiger partial charge in [0.2, 0.25) is 0 Å². The molecule has 0 radical (unpaired) electrons. The maximum Gasteiger partial charge on any atom is 0.328 e. The molecule has 4 nitrogen and oxygen atoms in total. The molecule has 0 bridgehead atoms. The first-order chi connectivity index (χ1) is 8.11. The maximum atomic E-state index is 11.8. The van der Waals surface area contributed by atoms with Crippen molar-refractivity contribution in [3.05, 3.63) is 41.1 Å². The van der Waals surface area contributed by atoms with Crippen LogP contribution in [0.1, 0.15) is 18.1 Å². The number of nitrogens with zero attached hydrogens (tertiary/aromatic N) is 1. The van der Waals surface area contributed by atoms with Gasteiger partial charge in [0.15, 0.2) is 0 Å². The number of hydrogen-bond donors (Lipinski definition) is 1. The second-order valence-corrected chi connectivity index (χ2v) is 3.95. The summed E-state index contributed by atoms with van der Waals surface area (Å²) >= 11 is 0. The summed E-state index contributed by atoms with van der Waals surface area (Å²) in [6.07, 6.45) is 1.70. The van der Waals surface area contributed by atoms with Gasteiger partial charge >= 0.3 is 6.03 Å². The molecule has 0 aliphatic carbocycles. The third kappa shape index (κ3) is 2.20. The normalized spacial score (nSPS) is 17.8. The first-order valence-electron chi connectivity index (χ1n) is 5.53. The lowest BCUT2D eigenvalue weighted by Gasteiger charge is -2.06. The van der Waals surface area contributed by atoms with Crippen LogP contribution in [0.15, 0.2) is 30.0 Å². The predicted octanol–water partition coefficient (Wildman–Crippen LogP) is 1.91. The Hall–Kier alpha value is -2.10. The van der Waals surface area contributed by atoms with Crippen molar-refractivity contribution in [2.75, 3.05) is 6.54 Å². The van der Waals surface area contributed by atoms with Crippen molar-refractivity contribution in [2.24, 2.45) is 0 Å². The maximum absolute atomic E-state index is 11.8. The molecule has 1 heterocycles. The van der Waals surface area contributed by atoms with Crippen molar-refractivity contribution in [2.45, 2.75) is 13.8 Å². The number of urea groups is 1. The van der Waals surface area contributed by atoms with Gasteiger partial charge in [0.05, 0.1) is 0 Å². The molecule has 0 unspecified atom stereocenters. The lowest BCUT2D eigenvalue weighted by atomic mass is 10.1. The summed E-state index contributed by atoms with van der Waals surface area (Å²) < 4.78 is 0. The lowest BCUT2D eigenvalue weighted by molar-refractivity contribution is -0.122. The number of carbonyl (C=O) groups excluding carboxylic acids is 2. The molecule has 1 aromatic rings. The van der Waals surface area contributed by atoms with Crippen LogP contribution >= 0.6 is 0 Å². The third-order valence-electron chi connectivity index (χ3n) is 2.63. The highest BCUT2D eigenvalue weighted by molar-refractivity contribution is 6.13. The first-order valence-corrected chi connectivity index (χ1v) is 5.53. The predicted molar refractivity (Wildman–Crippen MR) is 65.1 cm³/mol. The highest BCUT2D eigenvalue weighted by atomic mass is 16.2. The van der Waals surface area contributed by atoms with Crippen LogP contribution in [0, 0.1) is 6.92 Å². The molecule has 1 aliphatic heterocycles. The van der Waals surface area contributed by atoms with E-state index in [-0.39, 0.29) is 11.9 Å². The summed E-state index contributed by atoms with van der Waals surface area (Å²) in [5, 5.41) is 2.57. The standard InChI is InChI=1S/C13H14N2O2/c1-3-15-12(16)11(14-13(15)17)8-10-6-4-5-9(2)7-10/h4-8H,3H2,1-2H3,(H,14,17)/b11-8+. The summed E-state index contributed by atoms with van der Waals surface area (Å²) in [5.41, 5.74) is 2.36. The fourth-order valence-electron chi connectivity index (χ4n) is 1.79. The largest absolute Gasteiger partial charge is 0.328 e. The van der Waals surface area contributed by atoms with E-state index >= 15 is 0 Å². The summed E-state index contributed by atoms with van der Waals surface area (Å²) in [7, 11) is 0. The van der Waals surface area contributed by atoms with Gasteiger partial charge < -0.3 is 5.32 Å². The average molecular weight is 230 g/mol. The van der Waals surface area contributed by atoms with E-state index in [0.29, 0.717) is 12.2 Å². The van der Waals surface area contributed by atoms with E-state index in [0.717, 1.165) is 11.1 Å². The van der Waals surface area contributed by atoms with Crippen molar-refractivity contribution in [3.8, 4) is 0 Å². The fourth-order valence-corrected chi connectivity index (χ4v) is 1.79. The van der Waals surface area contributed by atoms with Gasteiger partial charge in [0, 0.05) is 6.54 Å². The molecular formula is C13H14N2O2. The number of hydrogen-bond acceptors (Lipinski definition) is 2. The third-order valence-corrected chi connectivity index (χ3v) is 2.63. The number of imide groups is 1. The molecule has 88 valence electrons. The van der Waals surface area contributed by atoms with Gasteiger partial charge in [-0.2, -0.15) is 0 Å². The number of likely N-dealkylation sites (N-methyl/N-ethyl adjacent to an activating group) is 1. The SMILES string of the molecule is CCN1C(=O)N/C(=C/c2cccc(C)c2)C1=O. The minimum absolute atomic E-state index is 0.265. The van der Waals surface area contributed by atoms with Crippen LogP contribution in [0.25, 0.3) is 6.08 Å². The Morgan fingerprint density at radius 1 is 1.35 bits per heavy atom. The molecule has 2 rings (SSSR count). The highest BCUT2D eigenvalue weighted by Crippen LogP contribution is 2.14. The number of amides is 3. The molecule has 1 saturated heterocycles. The average Bonchev–Trinajstić information content (AvgIpc) is 2.54. The van der Waals surface area contributed by atoms with E-state index in [2.05, 4.69) is 5.32 Å². The molecule has 1 fully saturated rings. The van der Waals surface area contributed by atoms with Crippen LogP contribution in [0.3, 0.4) is 0 Å². The van der Waals surface area contributed by atoms with Gasteiger partial charge in [-0.15, -0.1) is 0 Å². The van der Waals surface area contributed by atoms with Gasteiger partial charge in [-0.25, -0.2) is 4.79 Å². The molecule has 4 heteroatoms. The summed E-state index contributed by atoms with van der Waals surface area (Å²) in [6, 6.07) is 7.40. The number of nitrogens with one attached hydrogen (secondary N) is 1. The molecule has 0 aromatic heterocycles. The monoisotopic (exact) mass is 230 g/mol. The van der Waals surface area contributed by atoms with E-state index in [9.17, 15) is 9.59 Å². The van der Waals surface area contributed by atoms with Gasteiger partial charge in [0.25, 0.3) is 5.91 Å². The minimum Gasteiger partial charge on any atom is -0.303 e. The van der Waals surface area contributed by atoms with E-state index in [1.165, 1.54) is 4.90 Å². The molecule has 1 aliphatic rings. The van der Waals surface area contributed by atoms with E-state index < -0.39 is 0 Å². The highest BCUT2D eigenvalue weighted by Gasteiger charge is 2.31. The zero-order valence-electron chi connectivity index (χ0n) is 9.86. The van der Waals surface area contributed by atoms with E-state index in [1.54, 1.807) is 13.0 Å². The number of aryl methyl sites for hydroxylation is 1. The molecule has 1 aromatic carbocycles.